The summed E-state index contributed by atoms with van der Waals surface area (Å²) in [6.45, 7) is 0. The third kappa shape index (κ3) is 5.54. The van der Waals surface area contributed by atoms with Gasteiger partial charge in [0.15, 0.2) is 0 Å². The van der Waals surface area contributed by atoms with Crippen molar-refractivity contribution in [2.75, 3.05) is 4.90 Å². The van der Waals surface area contributed by atoms with E-state index in [0.717, 1.165) is 44.3 Å². The molecular weight excluding hydrogens is 623 g/mol. The topological polar surface area (TPSA) is 21.7 Å². The third-order valence-corrected chi connectivity index (χ3v) is 12.3. The Kier molecular flexibility index (Phi) is 7.90. The van der Waals surface area contributed by atoms with Gasteiger partial charge in [-0.3, -0.25) is 0 Å². The van der Waals surface area contributed by atoms with Gasteiger partial charge in [-0.05, 0) is 92.0 Å². The standard InChI is InChI=1S/C48H45NO2/c1-2-11-32(12-3-1)35-13-8-14-38(31-35)49(36-27-23-33(24-28-36)39-17-9-19-43-41-15-4-6-21-45(41)50-47(39)43)37-29-25-34(26-30-37)40-18-10-20-44-42-16-5-7-22-46(42)51-48(40)44/h1-9,11,13-17,19-23,25,27,29,31-32,40-42,45-46,48H,10,12,18,24,26,28,30H2. The molecule has 3 heteroatoms. The molecule has 10 rings (SSSR count). The van der Waals surface area contributed by atoms with E-state index in [1.165, 1.54) is 51.3 Å². The van der Waals surface area contributed by atoms with E-state index in [-0.39, 0.29) is 18.3 Å². The van der Waals surface area contributed by atoms with Crippen LogP contribution in [0.25, 0.3) is 5.57 Å². The minimum absolute atomic E-state index is 0.101. The average molecular weight is 668 g/mol. The number of hydrogen-bond acceptors (Lipinski definition) is 3. The first-order valence-electron chi connectivity index (χ1n) is 19.2. The molecule has 0 aromatic heterocycles. The highest BCUT2D eigenvalue weighted by Crippen LogP contribution is 2.49. The summed E-state index contributed by atoms with van der Waals surface area (Å²) in [4.78, 5) is 2.57. The van der Waals surface area contributed by atoms with Gasteiger partial charge < -0.3 is 14.4 Å². The Hall–Kier alpha value is -4.86. The fourth-order valence-electron chi connectivity index (χ4n) is 9.73. The molecule has 0 radical (unpaired) electrons. The lowest BCUT2D eigenvalue weighted by Crippen LogP contribution is -2.29. The maximum absolute atomic E-state index is 6.73. The van der Waals surface area contributed by atoms with Crippen LogP contribution in [0.15, 0.2) is 168 Å². The normalized spacial score (nSPS) is 31.0. The molecule has 51 heavy (non-hydrogen) atoms. The van der Waals surface area contributed by atoms with Crippen LogP contribution in [-0.2, 0) is 4.74 Å². The first-order valence-corrected chi connectivity index (χ1v) is 19.2. The first-order chi connectivity index (χ1) is 25.3. The summed E-state index contributed by atoms with van der Waals surface area (Å²) in [5, 5.41) is 0. The Morgan fingerprint density at radius 1 is 0.686 bits per heavy atom. The number of fused-ring (bicyclic) bond motifs is 6. The molecule has 6 aliphatic carbocycles. The van der Waals surface area contributed by atoms with Crippen LogP contribution in [0.4, 0.5) is 5.69 Å². The SMILES string of the molecule is C1=CCC(c2cccc(N(C3=CC=C(c4cccc5c4OC4C=CC=CC54)CC3)C3=CC=C(C4CCC=C5C6C=CC=CC6OC54)CC3)c2)C=C1. The van der Waals surface area contributed by atoms with Gasteiger partial charge >= 0.3 is 0 Å². The molecule has 1 saturated heterocycles. The van der Waals surface area contributed by atoms with Crippen LogP contribution in [0.1, 0.15) is 73.5 Å². The molecule has 1 fully saturated rings. The molecule has 2 aliphatic heterocycles. The highest BCUT2D eigenvalue weighted by atomic mass is 16.5. The molecule has 0 saturated carbocycles. The van der Waals surface area contributed by atoms with Gasteiger partial charge in [-0.2, -0.15) is 0 Å². The fourth-order valence-corrected chi connectivity index (χ4v) is 9.73. The van der Waals surface area contributed by atoms with E-state index in [1.54, 1.807) is 5.57 Å². The second kappa shape index (κ2) is 13.0. The summed E-state index contributed by atoms with van der Waals surface area (Å²) in [6, 6.07) is 16.0. The second-order valence-electron chi connectivity index (χ2n) is 15.1. The summed E-state index contributed by atoms with van der Waals surface area (Å²) in [5.74, 6) is 2.66. The number of allylic oxidation sites excluding steroid dienone is 16. The van der Waals surface area contributed by atoms with Crippen LogP contribution in [0.3, 0.4) is 0 Å². The quantitative estimate of drug-likeness (QED) is 0.286. The molecule has 0 spiro atoms. The zero-order valence-corrected chi connectivity index (χ0v) is 29.1. The average Bonchev–Trinajstić information content (AvgIpc) is 3.78. The summed E-state index contributed by atoms with van der Waals surface area (Å²) in [6.07, 6.45) is 46.6. The Balaban J connectivity index is 0.982. The lowest BCUT2D eigenvalue weighted by Gasteiger charge is -2.36. The fraction of sp³-hybridized carbons (Fsp3) is 0.292. The van der Waals surface area contributed by atoms with Gasteiger partial charge in [0.1, 0.15) is 11.9 Å². The maximum Gasteiger partial charge on any atom is 0.131 e. The predicted octanol–water partition coefficient (Wildman–Crippen LogP) is 11.3. The van der Waals surface area contributed by atoms with Gasteiger partial charge in [0, 0.05) is 51.9 Å². The summed E-state index contributed by atoms with van der Waals surface area (Å²) in [5.41, 5.74) is 12.4. The van der Waals surface area contributed by atoms with E-state index >= 15 is 0 Å². The van der Waals surface area contributed by atoms with E-state index in [1.807, 2.05) is 0 Å². The van der Waals surface area contributed by atoms with Crippen molar-refractivity contribution in [3.05, 3.63) is 185 Å². The van der Waals surface area contributed by atoms with Crippen molar-refractivity contribution in [3.63, 3.8) is 0 Å². The number of nitrogens with zero attached hydrogens (tertiary/aromatic N) is 1. The number of anilines is 1. The van der Waals surface area contributed by atoms with Crippen molar-refractivity contribution in [2.45, 2.75) is 75.1 Å². The van der Waals surface area contributed by atoms with E-state index < -0.39 is 0 Å². The van der Waals surface area contributed by atoms with E-state index in [9.17, 15) is 0 Å². The highest BCUT2D eigenvalue weighted by molar-refractivity contribution is 5.77. The predicted molar refractivity (Wildman–Crippen MR) is 208 cm³/mol. The molecule has 0 N–H and O–H groups in total. The monoisotopic (exact) mass is 667 g/mol. The highest BCUT2D eigenvalue weighted by Gasteiger charge is 2.44. The van der Waals surface area contributed by atoms with Crippen molar-refractivity contribution >= 4 is 11.3 Å². The van der Waals surface area contributed by atoms with Crippen molar-refractivity contribution in [3.8, 4) is 5.75 Å². The van der Waals surface area contributed by atoms with Crippen LogP contribution < -0.4 is 9.64 Å². The lowest BCUT2D eigenvalue weighted by molar-refractivity contribution is 0.0416. The molecule has 7 atom stereocenters. The summed E-state index contributed by atoms with van der Waals surface area (Å²) in [7, 11) is 0. The molecule has 2 aromatic carbocycles. The van der Waals surface area contributed by atoms with Crippen LogP contribution in [0.2, 0.25) is 0 Å². The maximum atomic E-state index is 6.73. The molecule has 2 heterocycles. The first kappa shape index (κ1) is 30.9. The lowest BCUT2D eigenvalue weighted by atomic mass is 9.75. The number of benzene rings is 2. The summed E-state index contributed by atoms with van der Waals surface area (Å²) >= 11 is 0. The number of rotatable bonds is 6. The van der Waals surface area contributed by atoms with E-state index in [4.69, 9.17) is 9.47 Å². The molecular formula is C48H45NO2. The Morgan fingerprint density at radius 2 is 1.49 bits per heavy atom. The Morgan fingerprint density at radius 3 is 2.31 bits per heavy atom. The zero-order chi connectivity index (χ0) is 33.7. The van der Waals surface area contributed by atoms with Crippen LogP contribution in [0.5, 0.6) is 5.75 Å². The largest absolute Gasteiger partial charge is 0.484 e. The minimum Gasteiger partial charge on any atom is -0.484 e. The smallest absolute Gasteiger partial charge is 0.131 e. The number of para-hydroxylation sites is 1. The number of hydrogen-bond donors (Lipinski definition) is 0. The van der Waals surface area contributed by atoms with Gasteiger partial charge in [0.2, 0.25) is 0 Å². The van der Waals surface area contributed by atoms with Crippen molar-refractivity contribution in [1.29, 1.82) is 0 Å². The van der Waals surface area contributed by atoms with E-state index in [0.29, 0.717) is 23.7 Å². The Bertz CT molecular complexity index is 2090. The Labute approximate surface area is 302 Å². The van der Waals surface area contributed by atoms with Crippen LogP contribution in [-0.4, -0.2) is 18.3 Å². The van der Waals surface area contributed by atoms with E-state index in [2.05, 4.69) is 151 Å². The molecule has 254 valence electrons. The second-order valence-corrected chi connectivity index (χ2v) is 15.1. The third-order valence-electron chi connectivity index (χ3n) is 12.3. The molecule has 0 amide bonds. The van der Waals surface area contributed by atoms with Crippen molar-refractivity contribution < 1.29 is 9.47 Å². The van der Waals surface area contributed by atoms with Gasteiger partial charge in [-0.15, -0.1) is 0 Å². The number of ether oxygens (including phenoxy) is 2. The molecule has 3 nitrogen and oxygen atoms in total. The van der Waals surface area contributed by atoms with Crippen molar-refractivity contribution in [1.82, 2.24) is 0 Å². The van der Waals surface area contributed by atoms with Crippen molar-refractivity contribution in [2.24, 2.45) is 11.8 Å². The van der Waals surface area contributed by atoms with Gasteiger partial charge in [-0.1, -0.05) is 121 Å². The van der Waals surface area contributed by atoms with Gasteiger partial charge in [0.05, 0.1) is 12.2 Å². The van der Waals surface area contributed by atoms with Gasteiger partial charge in [0.25, 0.3) is 0 Å². The summed E-state index contributed by atoms with van der Waals surface area (Å²) < 4.78 is 13.3. The zero-order valence-electron chi connectivity index (χ0n) is 29.1. The molecule has 8 aliphatic rings. The minimum atomic E-state index is 0.101. The molecule has 2 aromatic rings. The molecule has 0 bridgehead atoms. The van der Waals surface area contributed by atoms with Crippen LogP contribution >= 0.6 is 0 Å². The van der Waals surface area contributed by atoms with Gasteiger partial charge in [-0.25, -0.2) is 0 Å². The van der Waals surface area contributed by atoms with Crippen LogP contribution in [0, 0.1) is 11.8 Å². The molecule has 7 unspecified atom stereocenters.